The maximum atomic E-state index is 11.3. The molecule has 0 saturated carbocycles. The lowest BCUT2D eigenvalue weighted by Gasteiger charge is -2.21. The highest BCUT2D eigenvalue weighted by molar-refractivity contribution is 7.90. The average Bonchev–Trinajstić information content (AvgIpc) is 2.38. The number of hydrogen-bond acceptors (Lipinski definition) is 6. The molecule has 6 nitrogen and oxygen atoms in total. The molecule has 19 heavy (non-hydrogen) atoms. The van der Waals surface area contributed by atoms with Crippen molar-refractivity contribution in [3.63, 3.8) is 0 Å². The van der Waals surface area contributed by atoms with Gasteiger partial charge in [0.25, 0.3) is 0 Å². The summed E-state index contributed by atoms with van der Waals surface area (Å²) in [7, 11) is 0.0345. The van der Waals surface area contributed by atoms with E-state index in [9.17, 15) is 8.42 Å². The molecule has 0 spiro atoms. The number of hydrogen-bond donors (Lipinski definition) is 2. The van der Waals surface area contributed by atoms with Crippen LogP contribution in [0.4, 0.5) is 0 Å². The van der Waals surface area contributed by atoms with Crippen LogP contribution >= 0.6 is 0 Å². The van der Waals surface area contributed by atoms with Crippen molar-refractivity contribution >= 4 is 9.84 Å². The number of rotatable bonds is 7. The molecule has 0 saturated heterocycles. The van der Waals surface area contributed by atoms with Crippen molar-refractivity contribution in [1.29, 1.82) is 0 Å². The number of ether oxygens (including phenoxy) is 2. The van der Waals surface area contributed by atoms with Gasteiger partial charge >= 0.3 is 0 Å². The fourth-order valence-electron chi connectivity index (χ4n) is 1.87. The molecule has 3 N–H and O–H groups in total. The van der Waals surface area contributed by atoms with E-state index in [2.05, 4.69) is 5.43 Å². The zero-order chi connectivity index (χ0) is 14.5. The van der Waals surface area contributed by atoms with E-state index in [1.807, 2.05) is 0 Å². The van der Waals surface area contributed by atoms with Crippen molar-refractivity contribution in [3.8, 4) is 11.5 Å². The number of sulfone groups is 1. The molecule has 1 aromatic rings. The lowest BCUT2D eigenvalue weighted by molar-refractivity contribution is 0.369. The first kappa shape index (κ1) is 15.7. The quantitative estimate of drug-likeness (QED) is 0.565. The molecule has 108 valence electrons. The minimum absolute atomic E-state index is 0.0308. The number of benzene rings is 1. The monoisotopic (exact) mass is 288 g/mol. The third-order valence-electron chi connectivity index (χ3n) is 2.79. The van der Waals surface area contributed by atoms with Crippen LogP contribution in [0, 0.1) is 0 Å². The Kier molecular flexibility index (Phi) is 5.59. The van der Waals surface area contributed by atoms with E-state index in [1.165, 1.54) is 6.26 Å². The molecule has 0 aliphatic rings. The van der Waals surface area contributed by atoms with Crippen LogP contribution in [0.3, 0.4) is 0 Å². The summed E-state index contributed by atoms with van der Waals surface area (Å²) in [6, 6.07) is 5.00. The van der Waals surface area contributed by atoms with Gasteiger partial charge in [-0.05, 0) is 18.6 Å². The largest absolute Gasteiger partial charge is 0.496 e. The van der Waals surface area contributed by atoms with Gasteiger partial charge in [-0.2, -0.15) is 0 Å². The van der Waals surface area contributed by atoms with E-state index in [4.69, 9.17) is 15.3 Å². The molecule has 0 amide bonds. The minimum Gasteiger partial charge on any atom is -0.496 e. The highest BCUT2D eigenvalue weighted by Gasteiger charge is 2.21. The van der Waals surface area contributed by atoms with Gasteiger partial charge in [0.15, 0.2) is 0 Å². The smallest absolute Gasteiger partial charge is 0.147 e. The molecule has 0 fully saturated rings. The van der Waals surface area contributed by atoms with Crippen LogP contribution in [-0.4, -0.2) is 34.6 Å². The standard InChI is InChI=1S/C12H20N2O4S/c1-17-10-5-4-6-11(18-2)12(10)9(14-13)7-8-19(3,15)16/h4-6,9,14H,7-8,13H2,1-3H3. The Hall–Kier alpha value is -1.31. The van der Waals surface area contributed by atoms with Gasteiger partial charge in [0.2, 0.25) is 0 Å². The third kappa shape index (κ3) is 4.38. The Labute approximate surface area is 113 Å². The van der Waals surface area contributed by atoms with Crippen molar-refractivity contribution in [3.05, 3.63) is 23.8 Å². The molecule has 1 aromatic carbocycles. The van der Waals surface area contributed by atoms with E-state index in [1.54, 1.807) is 32.4 Å². The van der Waals surface area contributed by atoms with Crippen LogP contribution in [0.5, 0.6) is 11.5 Å². The topological polar surface area (TPSA) is 90.6 Å². The first-order valence-corrected chi connectivity index (χ1v) is 7.83. The number of nitrogens with two attached hydrogens (primary N) is 1. The molecular weight excluding hydrogens is 268 g/mol. The second-order valence-corrected chi connectivity index (χ2v) is 6.47. The summed E-state index contributed by atoms with van der Waals surface area (Å²) >= 11 is 0. The van der Waals surface area contributed by atoms with Gasteiger partial charge in [0.05, 0.1) is 31.6 Å². The maximum absolute atomic E-state index is 11.3. The Morgan fingerprint density at radius 3 is 2.16 bits per heavy atom. The van der Waals surface area contributed by atoms with Crippen LogP contribution in [-0.2, 0) is 9.84 Å². The van der Waals surface area contributed by atoms with E-state index in [0.717, 1.165) is 5.56 Å². The molecule has 0 bridgehead atoms. The normalized spacial score (nSPS) is 13.1. The van der Waals surface area contributed by atoms with E-state index in [0.29, 0.717) is 17.9 Å². The van der Waals surface area contributed by atoms with Crippen LogP contribution in [0.15, 0.2) is 18.2 Å². The molecule has 1 unspecified atom stereocenters. The first-order valence-electron chi connectivity index (χ1n) is 5.77. The SMILES string of the molecule is COc1cccc(OC)c1C(CCS(C)(=O)=O)NN. The average molecular weight is 288 g/mol. The van der Waals surface area contributed by atoms with E-state index < -0.39 is 9.84 Å². The predicted molar refractivity (Wildman–Crippen MR) is 73.9 cm³/mol. The molecule has 0 radical (unpaired) electrons. The molecule has 0 heterocycles. The number of methoxy groups -OCH3 is 2. The number of nitrogens with one attached hydrogen (secondary N) is 1. The Morgan fingerprint density at radius 1 is 1.26 bits per heavy atom. The van der Waals surface area contributed by atoms with Gasteiger partial charge in [-0.15, -0.1) is 0 Å². The number of hydrazine groups is 1. The van der Waals surface area contributed by atoms with Gasteiger partial charge in [-0.25, -0.2) is 8.42 Å². The predicted octanol–water partition coefficient (Wildman–Crippen LogP) is 0.643. The lowest BCUT2D eigenvalue weighted by Crippen LogP contribution is -2.30. The fraction of sp³-hybridized carbons (Fsp3) is 0.500. The third-order valence-corrected chi connectivity index (χ3v) is 3.77. The van der Waals surface area contributed by atoms with Crippen molar-refractivity contribution < 1.29 is 17.9 Å². The van der Waals surface area contributed by atoms with Crippen LogP contribution in [0.25, 0.3) is 0 Å². The Bertz CT molecular complexity index is 494. The van der Waals surface area contributed by atoms with Crippen LogP contribution < -0.4 is 20.7 Å². The molecule has 7 heteroatoms. The van der Waals surface area contributed by atoms with E-state index >= 15 is 0 Å². The fourth-order valence-corrected chi connectivity index (χ4v) is 2.53. The second kappa shape index (κ2) is 6.74. The van der Waals surface area contributed by atoms with Crippen molar-refractivity contribution in [2.45, 2.75) is 12.5 Å². The molecule has 1 rings (SSSR count). The van der Waals surface area contributed by atoms with Crippen molar-refractivity contribution in [1.82, 2.24) is 5.43 Å². The molecule has 0 aliphatic heterocycles. The zero-order valence-electron chi connectivity index (χ0n) is 11.3. The van der Waals surface area contributed by atoms with Crippen molar-refractivity contribution in [2.75, 3.05) is 26.2 Å². The Morgan fingerprint density at radius 2 is 1.79 bits per heavy atom. The second-order valence-electron chi connectivity index (χ2n) is 4.21. The zero-order valence-corrected chi connectivity index (χ0v) is 12.2. The van der Waals surface area contributed by atoms with Crippen LogP contribution in [0.2, 0.25) is 0 Å². The highest BCUT2D eigenvalue weighted by atomic mass is 32.2. The Balaban J connectivity index is 3.09. The lowest BCUT2D eigenvalue weighted by atomic mass is 10.0. The van der Waals surface area contributed by atoms with Gasteiger partial charge in [-0.3, -0.25) is 11.3 Å². The highest BCUT2D eigenvalue weighted by Crippen LogP contribution is 2.35. The summed E-state index contributed by atoms with van der Waals surface area (Å²) in [4.78, 5) is 0. The summed E-state index contributed by atoms with van der Waals surface area (Å²) in [6.07, 6.45) is 1.53. The molecule has 0 aromatic heterocycles. The van der Waals surface area contributed by atoms with Gasteiger partial charge < -0.3 is 9.47 Å². The summed E-state index contributed by atoms with van der Waals surface area (Å²) in [6.45, 7) is 0. The summed E-state index contributed by atoms with van der Waals surface area (Å²) < 4.78 is 33.1. The molecule has 0 aliphatic carbocycles. The van der Waals surface area contributed by atoms with Crippen LogP contribution in [0.1, 0.15) is 18.0 Å². The van der Waals surface area contributed by atoms with Gasteiger partial charge in [0, 0.05) is 6.26 Å². The summed E-state index contributed by atoms with van der Waals surface area (Å²) in [5, 5.41) is 0. The molecule has 1 atom stereocenters. The van der Waals surface area contributed by atoms with Crippen molar-refractivity contribution in [2.24, 2.45) is 5.84 Å². The van der Waals surface area contributed by atoms with E-state index in [-0.39, 0.29) is 11.8 Å². The maximum Gasteiger partial charge on any atom is 0.147 e. The summed E-state index contributed by atoms with van der Waals surface area (Å²) in [5.74, 6) is 6.77. The minimum atomic E-state index is -3.05. The van der Waals surface area contributed by atoms with Gasteiger partial charge in [-0.1, -0.05) is 6.07 Å². The summed E-state index contributed by atoms with van der Waals surface area (Å²) in [5.41, 5.74) is 3.34. The molecular formula is C12H20N2O4S. The first-order chi connectivity index (χ1) is 8.92. The van der Waals surface area contributed by atoms with Gasteiger partial charge in [0.1, 0.15) is 21.3 Å².